The zero-order valence-electron chi connectivity index (χ0n) is 33.1. The lowest BCUT2D eigenvalue weighted by atomic mass is 10.0. The van der Waals surface area contributed by atoms with Gasteiger partial charge in [0, 0.05) is 71.6 Å². The Bertz CT molecular complexity index is 2630. The Balaban J connectivity index is 1.20. The maximum atomic E-state index is 5.41. The summed E-state index contributed by atoms with van der Waals surface area (Å²) in [5.41, 5.74) is 12.6. The zero-order chi connectivity index (χ0) is 40.1. The lowest BCUT2D eigenvalue weighted by Gasteiger charge is -2.14. The molecule has 10 aromatic rings. The van der Waals surface area contributed by atoms with Gasteiger partial charge in [-0.2, -0.15) is 0 Å². The van der Waals surface area contributed by atoms with Gasteiger partial charge in [-0.25, -0.2) is 15.0 Å². The van der Waals surface area contributed by atoms with E-state index in [-0.39, 0.29) is 0 Å². The van der Waals surface area contributed by atoms with Gasteiger partial charge in [0.25, 0.3) is 0 Å². The van der Waals surface area contributed by atoms with Crippen LogP contribution in [0, 0.1) is 0 Å². The van der Waals surface area contributed by atoms with Gasteiger partial charge in [-0.3, -0.25) is 13.7 Å². The summed E-state index contributed by atoms with van der Waals surface area (Å²) in [7, 11) is 0. The van der Waals surface area contributed by atoms with E-state index in [2.05, 4.69) is 232 Å². The highest BCUT2D eigenvalue weighted by Gasteiger charge is 2.21. The average Bonchev–Trinajstić information content (AvgIpc) is 4.06. The molecule has 0 radical (unpaired) electrons. The van der Waals surface area contributed by atoms with Crippen LogP contribution in [0.25, 0.3) is 51.2 Å². The SMILES string of the molecule is c1ccc(Cc2cn(-c3ccccc3)c(-c3cc(-c4nc(Cc5ccccc5)cn4-c4ccccc4)cc(-c4nc(Cc5ccccc5)cn4-c4ccccc4)c3)n2)cc1. The van der Waals surface area contributed by atoms with Crippen LogP contribution in [0.3, 0.4) is 0 Å². The maximum Gasteiger partial charge on any atom is 0.144 e. The highest BCUT2D eigenvalue weighted by Crippen LogP contribution is 2.36. The minimum Gasteiger partial charge on any atom is -0.300 e. The largest absolute Gasteiger partial charge is 0.300 e. The number of aromatic nitrogens is 6. The van der Waals surface area contributed by atoms with Crippen LogP contribution in [0.15, 0.2) is 219 Å². The van der Waals surface area contributed by atoms with Crippen molar-refractivity contribution in [3.8, 4) is 51.2 Å². The predicted octanol–water partition coefficient (Wildman–Crippen LogP) is 12.0. The molecule has 0 unspecified atom stereocenters. The fourth-order valence-electron chi connectivity index (χ4n) is 7.94. The number of imidazole rings is 3. The molecule has 3 heterocycles. The van der Waals surface area contributed by atoms with Crippen molar-refractivity contribution >= 4 is 0 Å². The smallest absolute Gasteiger partial charge is 0.144 e. The standard InChI is InChI=1S/C54H42N6/c1-7-19-40(20-8-1)31-46-37-58(49-25-13-4-14-26-49)52(55-46)43-34-44(53-56-47(32-41-21-9-2-10-22-41)38-59(53)50-27-15-5-16-28-50)36-45(35-43)54-57-48(33-42-23-11-3-12-24-42)39-60(54)51-29-17-6-18-30-51/h1-30,34-39H,31-33H2. The van der Waals surface area contributed by atoms with Gasteiger partial charge < -0.3 is 0 Å². The normalized spacial score (nSPS) is 11.2. The minimum absolute atomic E-state index is 0.711. The van der Waals surface area contributed by atoms with Gasteiger partial charge in [-0.05, 0) is 71.3 Å². The van der Waals surface area contributed by atoms with Crippen LogP contribution in [0.5, 0.6) is 0 Å². The molecule has 7 aromatic carbocycles. The molecule has 0 fully saturated rings. The molecule has 288 valence electrons. The van der Waals surface area contributed by atoms with E-state index in [1.807, 2.05) is 0 Å². The third-order valence-electron chi connectivity index (χ3n) is 10.8. The van der Waals surface area contributed by atoms with Gasteiger partial charge in [0.15, 0.2) is 0 Å². The third kappa shape index (κ3) is 7.87. The molecule has 0 spiro atoms. The van der Waals surface area contributed by atoms with Crippen molar-refractivity contribution in [2.75, 3.05) is 0 Å². The first-order valence-electron chi connectivity index (χ1n) is 20.4. The Morgan fingerprint density at radius 2 is 0.517 bits per heavy atom. The predicted molar refractivity (Wildman–Crippen MR) is 242 cm³/mol. The lowest BCUT2D eigenvalue weighted by Crippen LogP contribution is -2.01. The topological polar surface area (TPSA) is 53.5 Å². The highest BCUT2D eigenvalue weighted by atomic mass is 15.1. The van der Waals surface area contributed by atoms with Crippen molar-refractivity contribution in [1.82, 2.24) is 28.7 Å². The number of hydrogen-bond donors (Lipinski definition) is 0. The molecule has 0 saturated heterocycles. The van der Waals surface area contributed by atoms with E-state index in [0.717, 1.165) is 68.3 Å². The molecule has 0 saturated carbocycles. The van der Waals surface area contributed by atoms with Gasteiger partial charge in [-0.1, -0.05) is 146 Å². The van der Waals surface area contributed by atoms with Crippen LogP contribution >= 0.6 is 0 Å². The van der Waals surface area contributed by atoms with Crippen LogP contribution in [-0.4, -0.2) is 28.7 Å². The molecule has 0 bridgehead atoms. The van der Waals surface area contributed by atoms with Gasteiger partial charge >= 0.3 is 0 Å². The zero-order valence-corrected chi connectivity index (χ0v) is 33.1. The van der Waals surface area contributed by atoms with Crippen LogP contribution < -0.4 is 0 Å². The first kappa shape index (κ1) is 36.5. The summed E-state index contributed by atoms with van der Waals surface area (Å²) in [4.78, 5) is 16.2. The monoisotopic (exact) mass is 774 g/mol. The second-order valence-corrected chi connectivity index (χ2v) is 15.1. The number of hydrogen-bond acceptors (Lipinski definition) is 3. The summed E-state index contributed by atoms with van der Waals surface area (Å²) >= 11 is 0. The Morgan fingerprint density at radius 1 is 0.283 bits per heavy atom. The quantitative estimate of drug-likeness (QED) is 0.124. The summed E-state index contributed by atoms with van der Waals surface area (Å²) in [6, 6.07) is 69.8. The fraction of sp³-hybridized carbons (Fsp3) is 0.0556. The Labute approximate surface area is 350 Å². The number of rotatable bonds is 12. The molecule has 10 rings (SSSR count). The molecular formula is C54H42N6. The van der Waals surface area contributed by atoms with Gasteiger partial charge in [0.2, 0.25) is 0 Å². The first-order valence-corrected chi connectivity index (χ1v) is 20.4. The second-order valence-electron chi connectivity index (χ2n) is 15.1. The summed E-state index contributed by atoms with van der Waals surface area (Å²) in [6.45, 7) is 0. The van der Waals surface area contributed by atoms with Crippen LogP contribution in [0.1, 0.15) is 33.8 Å². The molecular weight excluding hydrogens is 733 g/mol. The molecule has 6 heteroatoms. The lowest BCUT2D eigenvalue weighted by molar-refractivity contribution is 1.05. The molecule has 60 heavy (non-hydrogen) atoms. The van der Waals surface area contributed by atoms with E-state index >= 15 is 0 Å². The third-order valence-corrected chi connectivity index (χ3v) is 10.8. The molecule has 0 atom stereocenters. The number of benzene rings is 7. The summed E-state index contributed by atoms with van der Waals surface area (Å²) in [5, 5.41) is 0. The van der Waals surface area contributed by atoms with Gasteiger partial charge in [0.1, 0.15) is 17.5 Å². The second kappa shape index (κ2) is 16.6. The number of nitrogens with zero attached hydrogens (tertiary/aromatic N) is 6. The van der Waals surface area contributed by atoms with Crippen LogP contribution in [0.2, 0.25) is 0 Å². The van der Waals surface area contributed by atoms with Crippen LogP contribution in [0.4, 0.5) is 0 Å². The molecule has 0 aliphatic rings. The average molecular weight is 775 g/mol. The molecule has 0 aliphatic heterocycles. The van der Waals surface area contributed by atoms with E-state index < -0.39 is 0 Å². The molecule has 3 aromatic heterocycles. The van der Waals surface area contributed by atoms with Crippen LogP contribution in [-0.2, 0) is 19.3 Å². The van der Waals surface area contributed by atoms with Gasteiger partial charge in [0.05, 0.1) is 17.1 Å². The van der Waals surface area contributed by atoms with Crippen molar-refractivity contribution in [3.05, 3.63) is 253 Å². The Morgan fingerprint density at radius 3 is 0.767 bits per heavy atom. The molecule has 0 amide bonds. The maximum absolute atomic E-state index is 5.41. The van der Waals surface area contributed by atoms with Crippen molar-refractivity contribution in [2.24, 2.45) is 0 Å². The minimum atomic E-state index is 0.711. The van der Waals surface area contributed by atoms with E-state index in [1.54, 1.807) is 0 Å². The number of para-hydroxylation sites is 3. The van der Waals surface area contributed by atoms with E-state index in [4.69, 9.17) is 15.0 Å². The van der Waals surface area contributed by atoms with E-state index in [0.29, 0.717) is 19.3 Å². The first-order chi connectivity index (χ1) is 29.7. The van der Waals surface area contributed by atoms with Gasteiger partial charge in [-0.15, -0.1) is 0 Å². The Hall–Kier alpha value is -7.83. The summed E-state index contributed by atoms with van der Waals surface area (Å²) < 4.78 is 6.66. The molecule has 0 N–H and O–H groups in total. The van der Waals surface area contributed by atoms with Crippen molar-refractivity contribution in [1.29, 1.82) is 0 Å². The molecule has 0 aliphatic carbocycles. The van der Waals surface area contributed by atoms with E-state index in [9.17, 15) is 0 Å². The van der Waals surface area contributed by atoms with Crippen molar-refractivity contribution < 1.29 is 0 Å². The van der Waals surface area contributed by atoms with E-state index in [1.165, 1.54) is 16.7 Å². The fourth-order valence-corrected chi connectivity index (χ4v) is 7.94. The van der Waals surface area contributed by atoms with Crippen molar-refractivity contribution in [3.63, 3.8) is 0 Å². The van der Waals surface area contributed by atoms with Crippen molar-refractivity contribution in [2.45, 2.75) is 19.3 Å². The Kier molecular flexibility index (Phi) is 10.1. The summed E-state index contributed by atoms with van der Waals surface area (Å²) in [6.07, 6.45) is 8.66. The molecule has 6 nitrogen and oxygen atoms in total. The highest BCUT2D eigenvalue weighted by molar-refractivity contribution is 5.78. The summed E-state index contributed by atoms with van der Waals surface area (Å²) in [5.74, 6) is 2.54.